The fraction of sp³-hybridized carbons (Fsp3) is 0.222. The summed E-state index contributed by atoms with van der Waals surface area (Å²) in [7, 11) is 0. The highest BCUT2D eigenvalue weighted by atomic mass is 35.5. The van der Waals surface area contributed by atoms with Gasteiger partial charge in [0.05, 0.1) is 22.9 Å². The highest BCUT2D eigenvalue weighted by molar-refractivity contribution is 6.36. The number of esters is 1. The minimum Gasteiger partial charge on any atom is -0.462 e. The van der Waals surface area contributed by atoms with Crippen LogP contribution in [0.3, 0.4) is 0 Å². The van der Waals surface area contributed by atoms with E-state index >= 15 is 0 Å². The molecular formula is C9H9Cl2NO2. The normalized spacial score (nSPS) is 9.64. The lowest BCUT2D eigenvalue weighted by Gasteiger charge is -2.04. The molecule has 1 aromatic rings. The molecule has 0 fully saturated rings. The van der Waals surface area contributed by atoms with Gasteiger partial charge in [0.1, 0.15) is 0 Å². The first-order valence-corrected chi connectivity index (χ1v) is 4.78. The predicted molar refractivity (Wildman–Crippen MR) is 56.9 cm³/mol. The lowest BCUT2D eigenvalue weighted by atomic mass is 10.2. The van der Waals surface area contributed by atoms with E-state index in [1.807, 2.05) is 0 Å². The zero-order valence-electron chi connectivity index (χ0n) is 7.51. The first-order chi connectivity index (χ1) is 6.69. The molecule has 1 rings (SSSR count). The molecule has 14 heavy (non-hydrogen) atoms. The number of carbonyl (C=O) groups excluding carboxylic acids is 1. The SMILES string of the molecule is CCOC(=O)c1ccc(NCl)c(Cl)c1. The highest BCUT2D eigenvalue weighted by Crippen LogP contribution is 2.23. The van der Waals surface area contributed by atoms with Crippen LogP contribution in [0, 0.1) is 0 Å². The molecule has 76 valence electrons. The number of hydrogen-bond donors (Lipinski definition) is 1. The number of ether oxygens (including phenoxy) is 1. The topological polar surface area (TPSA) is 38.3 Å². The van der Waals surface area contributed by atoms with Crippen molar-refractivity contribution in [3.8, 4) is 0 Å². The molecule has 0 unspecified atom stereocenters. The summed E-state index contributed by atoms with van der Waals surface area (Å²) < 4.78 is 4.81. The van der Waals surface area contributed by atoms with Gasteiger partial charge in [0, 0.05) is 11.8 Å². The van der Waals surface area contributed by atoms with Crippen molar-refractivity contribution in [1.29, 1.82) is 0 Å². The summed E-state index contributed by atoms with van der Waals surface area (Å²) in [6.07, 6.45) is 0. The fourth-order valence-corrected chi connectivity index (χ4v) is 1.37. The third kappa shape index (κ3) is 2.53. The molecule has 5 heteroatoms. The molecule has 0 aromatic heterocycles. The third-order valence-corrected chi connectivity index (χ3v) is 2.10. The average Bonchev–Trinajstić information content (AvgIpc) is 2.18. The number of halogens is 2. The molecule has 0 spiro atoms. The maximum atomic E-state index is 11.3. The number of rotatable bonds is 3. The minimum atomic E-state index is -0.393. The molecule has 1 aromatic carbocycles. The zero-order chi connectivity index (χ0) is 10.6. The van der Waals surface area contributed by atoms with Crippen LogP contribution >= 0.6 is 23.4 Å². The summed E-state index contributed by atoms with van der Waals surface area (Å²) in [5.41, 5.74) is 0.967. The zero-order valence-corrected chi connectivity index (χ0v) is 9.02. The molecule has 0 radical (unpaired) electrons. The molecular weight excluding hydrogens is 225 g/mol. The summed E-state index contributed by atoms with van der Waals surface area (Å²) in [6.45, 7) is 2.08. The van der Waals surface area contributed by atoms with Crippen molar-refractivity contribution < 1.29 is 9.53 Å². The third-order valence-electron chi connectivity index (χ3n) is 1.58. The Kier molecular flexibility index (Phi) is 4.04. The Morgan fingerprint density at radius 3 is 2.79 bits per heavy atom. The van der Waals surface area contributed by atoms with E-state index in [1.54, 1.807) is 19.1 Å². The molecule has 0 heterocycles. The Hall–Kier alpha value is -0.930. The molecule has 0 amide bonds. The van der Waals surface area contributed by atoms with E-state index in [9.17, 15) is 4.79 Å². The Balaban J connectivity index is 2.91. The second kappa shape index (κ2) is 5.08. The van der Waals surface area contributed by atoms with Crippen molar-refractivity contribution in [3.63, 3.8) is 0 Å². The van der Waals surface area contributed by atoms with Gasteiger partial charge in [-0.05, 0) is 25.1 Å². The number of nitrogens with one attached hydrogen (secondary N) is 1. The average molecular weight is 234 g/mol. The van der Waals surface area contributed by atoms with Crippen LogP contribution in [-0.2, 0) is 4.74 Å². The van der Waals surface area contributed by atoms with Crippen LogP contribution in [-0.4, -0.2) is 12.6 Å². The molecule has 0 bridgehead atoms. The van der Waals surface area contributed by atoms with Crippen molar-refractivity contribution in [1.82, 2.24) is 0 Å². The number of carbonyl (C=O) groups is 1. The second-order valence-corrected chi connectivity index (χ2v) is 3.11. The lowest BCUT2D eigenvalue weighted by molar-refractivity contribution is 0.0526. The number of anilines is 1. The smallest absolute Gasteiger partial charge is 0.338 e. The van der Waals surface area contributed by atoms with Crippen LogP contribution in [0.15, 0.2) is 18.2 Å². The van der Waals surface area contributed by atoms with Crippen molar-refractivity contribution in [3.05, 3.63) is 28.8 Å². The van der Waals surface area contributed by atoms with Crippen LogP contribution in [0.25, 0.3) is 0 Å². The van der Waals surface area contributed by atoms with E-state index in [0.29, 0.717) is 22.9 Å². The molecule has 3 nitrogen and oxygen atoms in total. The monoisotopic (exact) mass is 233 g/mol. The largest absolute Gasteiger partial charge is 0.462 e. The summed E-state index contributed by atoms with van der Waals surface area (Å²) in [5, 5.41) is 0.380. The van der Waals surface area contributed by atoms with Gasteiger partial charge in [-0.25, -0.2) is 4.79 Å². The van der Waals surface area contributed by atoms with Gasteiger partial charge in [-0.1, -0.05) is 11.6 Å². The standard InChI is InChI=1S/C9H9Cl2NO2/c1-2-14-9(13)6-3-4-8(12-11)7(10)5-6/h3-5,12H,2H2,1H3. The van der Waals surface area contributed by atoms with Crippen molar-refractivity contribution in [2.45, 2.75) is 6.92 Å². The van der Waals surface area contributed by atoms with Gasteiger partial charge < -0.3 is 4.74 Å². The van der Waals surface area contributed by atoms with Crippen LogP contribution < -0.4 is 4.84 Å². The molecule has 1 N–H and O–H groups in total. The van der Waals surface area contributed by atoms with Gasteiger partial charge in [0.15, 0.2) is 0 Å². The van der Waals surface area contributed by atoms with Gasteiger partial charge in [0.25, 0.3) is 0 Å². The summed E-state index contributed by atoms with van der Waals surface area (Å²) in [5.74, 6) is -0.393. The van der Waals surface area contributed by atoms with Crippen LogP contribution in [0.4, 0.5) is 5.69 Å². The molecule has 0 atom stereocenters. The summed E-state index contributed by atoms with van der Waals surface area (Å²) >= 11 is 11.2. The Bertz CT molecular complexity index is 342. The second-order valence-electron chi connectivity index (χ2n) is 2.51. The Labute approximate surface area is 92.1 Å². The van der Waals surface area contributed by atoms with E-state index in [1.165, 1.54) is 6.07 Å². The van der Waals surface area contributed by atoms with Crippen LogP contribution in [0.2, 0.25) is 5.02 Å². The van der Waals surface area contributed by atoms with Crippen molar-refractivity contribution in [2.24, 2.45) is 0 Å². The first kappa shape index (κ1) is 11.1. The lowest BCUT2D eigenvalue weighted by Crippen LogP contribution is -2.04. The van der Waals surface area contributed by atoms with Gasteiger partial charge in [-0.2, -0.15) is 0 Å². The van der Waals surface area contributed by atoms with E-state index in [-0.39, 0.29) is 0 Å². The number of benzene rings is 1. The first-order valence-electron chi connectivity index (χ1n) is 4.02. The summed E-state index contributed by atoms with van der Waals surface area (Å²) in [6, 6.07) is 4.71. The summed E-state index contributed by atoms with van der Waals surface area (Å²) in [4.78, 5) is 13.6. The van der Waals surface area contributed by atoms with Crippen LogP contribution in [0.5, 0.6) is 0 Å². The number of hydrogen-bond acceptors (Lipinski definition) is 3. The highest BCUT2D eigenvalue weighted by Gasteiger charge is 2.08. The van der Waals surface area contributed by atoms with Crippen molar-refractivity contribution in [2.75, 3.05) is 11.4 Å². The van der Waals surface area contributed by atoms with Gasteiger partial charge >= 0.3 is 5.97 Å². The Morgan fingerprint density at radius 1 is 1.57 bits per heavy atom. The molecule has 0 aliphatic heterocycles. The quantitative estimate of drug-likeness (QED) is 0.645. The molecule has 0 saturated carbocycles. The van der Waals surface area contributed by atoms with Gasteiger partial charge in [0.2, 0.25) is 0 Å². The predicted octanol–water partition coefficient (Wildman–Crippen LogP) is 3.08. The molecule has 0 saturated heterocycles. The van der Waals surface area contributed by atoms with Gasteiger partial charge in [-0.3, -0.25) is 4.84 Å². The molecule has 0 aliphatic carbocycles. The maximum Gasteiger partial charge on any atom is 0.338 e. The maximum absolute atomic E-state index is 11.3. The van der Waals surface area contributed by atoms with Gasteiger partial charge in [-0.15, -0.1) is 0 Å². The fourth-order valence-electron chi connectivity index (χ4n) is 0.933. The van der Waals surface area contributed by atoms with Crippen molar-refractivity contribution >= 4 is 35.0 Å². The van der Waals surface area contributed by atoms with E-state index in [4.69, 9.17) is 28.1 Å². The van der Waals surface area contributed by atoms with Crippen LogP contribution in [0.1, 0.15) is 17.3 Å². The molecule has 0 aliphatic rings. The Morgan fingerprint density at radius 2 is 2.29 bits per heavy atom. The van der Waals surface area contributed by atoms with E-state index in [2.05, 4.69) is 4.84 Å². The minimum absolute atomic E-state index is 0.339. The van der Waals surface area contributed by atoms with E-state index in [0.717, 1.165) is 0 Å². The van der Waals surface area contributed by atoms with E-state index < -0.39 is 5.97 Å².